The Morgan fingerprint density at radius 3 is 2.56 bits per heavy atom. The molecule has 1 aliphatic heterocycles. The highest BCUT2D eigenvalue weighted by Crippen LogP contribution is 2.23. The lowest BCUT2D eigenvalue weighted by Gasteiger charge is -2.34. The van der Waals surface area contributed by atoms with Crippen molar-refractivity contribution in [3.05, 3.63) is 29.3 Å². The average Bonchev–Trinajstić information content (AvgIpc) is 2.98. The molecular weight excluding hydrogens is 332 g/mol. The van der Waals surface area contributed by atoms with E-state index in [4.69, 9.17) is 4.98 Å². The summed E-state index contributed by atoms with van der Waals surface area (Å²) in [5.41, 5.74) is 0.975. The summed E-state index contributed by atoms with van der Waals surface area (Å²) in [5.74, 6) is 0.131. The van der Waals surface area contributed by atoms with E-state index in [1.165, 1.54) is 9.71 Å². The third kappa shape index (κ3) is 5.00. The molecule has 3 rings (SSSR count). The van der Waals surface area contributed by atoms with E-state index in [1.807, 2.05) is 6.07 Å². The number of nitrogens with one attached hydrogen (secondary N) is 1. The number of amides is 1. The average molecular weight is 361 g/mol. The molecule has 1 fully saturated rings. The van der Waals surface area contributed by atoms with Gasteiger partial charge in [-0.3, -0.25) is 14.6 Å². The molecule has 6 heteroatoms. The highest BCUT2D eigenvalue weighted by molar-refractivity contribution is 7.18. The molecule has 0 atom stereocenters. The lowest BCUT2D eigenvalue weighted by molar-refractivity contribution is -0.124. The van der Waals surface area contributed by atoms with Gasteiger partial charge in [-0.2, -0.15) is 0 Å². The number of aromatic nitrogens is 1. The summed E-state index contributed by atoms with van der Waals surface area (Å²) in [7, 11) is 0. The van der Waals surface area contributed by atoms with Crippen LogP contribution < -0.4 is 5.32 Å². The van der Waals surface area contributed by atoms with Gasteiger partial charge in [0.25, 0.3) is 0 Å². The number of para-hydroxylation sites is 1. The van der Waals surface area contributed by atoms with Crippen LogP contribution in [-0.2, 0) is 11.3 Å². The Kier molecular flexibility index (Phi) is 5.71. The molecular formula is C19H28N4OS. The van der Waals surface area contributed by atoms with E-state index >= 15 is 0 Å². The van der Waals surface area contributed by atoms with Crippen molar-refractivity contribution >= 4 is 27.5 Å². The zero-order chi connectivity index (χ0) is 17.9. The molecule has 136 valence electrons. The Bertz CT molecular complexity index is 686. The predicted molar refractivity (Wildman–Crippen MR) is 104 cm³/mol. The van der Waals surface area contributed by atoms with Crippen molar-refractivity contribution in [2.45, 2.75) is 39.3 Å². The largest absolute Gasteiger partial charge is 0.350 e. The number of thiazole rings is 1. The first-order chi connectivity index (χ1) is 11.9. The number of carbonyl (C=O) groups excluding carboxylic acids is 1. The molecule has 0 saturated carbocycles. The zero-order valence-corrected chi connectivity index (χ0v) is 16.2. The third-order valence-corrected chi connectivity index (χ3v) is 5.91. The second kappa shape index (κ2) is 7.81. The standard InChI is InChI=1S/C19H28N4OS/c1-4-19(2,3)21-17(24)13-22-9-11-23(12-10-22)14-18-20-15-7-5-6-8-16(15)25-18/h5-8H,4,9-14H2,1-3H3,(H,21,24). The summed E-state index contributed by atoms with van der Waals surface area (Å²) in [6.45, 7) is 11.5. The molecule has 2 aromatic rings. The Hall–Kier alpha value is -1.50. The molecule has 0 bridgehead atoms. The van der Waals surface area contributed by atoms with Gasteiger partial charge in [0.1, 0.15) is 5.01 Å². The molecule has 2 heterocycles. The summed E-state index contributed by atoms with van der Waals surface area (Å²) in [5, 5.41) is 4.29. The molecule has 1 amide bonds. The zero-order valence-electron chi connectivity index (χ0n) is 15.4. The van der Waals surface area contributed by atoms with Crippen molar-refractivity contribution in [3.8, 4) is 0 Å². The SMILES string of the molecule is CCC(C)(C)NC(=O)CN1CCN(Cc2nc3ccccc3s2)CC1. The predicted octanol–water partition coefficient (Wildman–Crippen LogP) is 2.72. The van der Waals surface area contributed by atoms with Gasteiger partial charge in [-0.15, -0.1) is 11.3 Å². The van der Waals surface area contributed by atoms with Gasteiger partial charge in [0, 0.05) is 31.7 Å². The van der Waals surface area contributed by atoms with Crippen molar-refractivity contribution in [1.29, 1.82) is 0 Å². The summed E-state index contributed by atoms with van der Waals surface area (Å²) in [4.78, 5) is 21.6. The van der Waals surface area contributed by atoms with Crippen LogP contribution in [0.4, 0.5) is 0 Å². The van der Waals surface area contributed by atoms with Gasteiger partial charge >= 0.3 is 0 Å². The van der Waals surface area contributed by atoms with Crippen LogP contribution in [0.2, 0.25) is 0 Å². The summed E-state index contributed by atoms with van der Waals surface area (Å²) >= 11 is 1.78. The van der Waals surface area contributed by atoms with E-state index in [-0.39, 0.29) is 11.4 Å². The Balaban J connectivity index is 1.46. The Morgan fingerprint density at radius 1 is 1.20 bits per heavy atom. The maximum Gasteiger partial charge on any atom is 0.234 e. The van der Waals surface area contributed by atoms with Gasteiger partial charge < -0.3 is 5.32 Å². The number of nitrogens with zero attached hydrogens (tertiary/aromatic N) is 3. The minimum atomic E-state index is -0.119. The van der Waals surface area contributed by atoms with Crippen LogP contribution in [0.1, 0.15) is 32.2 Å². The number of rotatable bonds is 6. The second-order valence-electron chi connectivity index (χ2n) is 7.41. The number of benzene rings is 1. The second-order valence-corrected chi connectivity index (χ2v) is 8.53. The van der Waals surface area contributed by atoms with Crippen LogP contribution >= 0.6 is 11.3 Å². The maximum atomic E-state index is 12.2. The topological polar surface area (TPSA) is 48.5 Å². The van der Waals surface area contributed by atoms with Gasteiger partial charge in [0.15, 0.2) is 0 Å². The van der Waals surface area contributed by atoms with E-state index in [9.17, 15) is 4.79 Å². The third-order valence-electron chi connectivity index (χ3n) is 4.89. The lowest BCUT2D eigenvalue weighted by atomic mass is 10.0. The number of piperazine rings is 1. The highest BCUT2D eigenvalue weighted by Gasteiger charge is 2.23. The van der Waals surface area contributed by atoms with E-state index in [1.54, 1.807) is 11.3 Å². The number of fused-ring (bicyclic) bond motifs is 1. The summed E-state index contributed by atoms with van der Waals surface area (Å²) in [6.07, 6.45) is 0.939. The first-order valence-electron chi connectivity index (χ1n) is 9.05. The van der Waals surface area contributed by atoms with Crippen molar-refractivity contribution in [2.75, 3.05) is 32.7 Å². The number of carbonyl (C=O) groups is 1. The van der Waals surface area contributed by atoms with Crippen LogP contribution in [0.15, 0.2) is 24.3 Å². The molecule has 0 aliphatic carbocycles. The first-order valence-corrected chi connectivity index (χ1v) is 9.87. The first kappa shape index (κ1) is 18.3. The molecule has 5 nitrogen and oxygen atoms in total. The van der Waals surface area contributed by atoms with Gasteiger partial charge in [-0.25, -0.2) is 4.98 Å². The highest BCUT2D eigenvalue weighted by atomic mass is 32.1. The molecule has 0 unspecified atom stereocenters. The molecule has 1 aromatic carbocycles. The molecule has 1 N–H and O–H groups in total. The Labute approximate surface area is 154 Å². The van der Waals surface area contributed by atoms with Gasteiger partial charge in [-0.1, -0.05) is 19.1 Å². The summed E-state index contributed by atoms with van der Waals surface area (Å²) < 4.78 is 1.26. The van der Waals surface area contributed by atoms with Crippen LogP contribution in [0.5, 0.6) is 0 Å². The summed E-state index contributed by atoms with van der Waals surface area (Å²) in [6, 6.07) is 8.30. The maximum absolute atomic E-state index is 12.2. The van der Waals surface area contributed by atoms with E-state index in [2.05, 4.69) is 54.1 Å². The fourth-order valence-electron chi connectivity index (χ4n) is 2.99. The van der Waals surface area contributed by atoms with Crippen LogP contribution in [0.3, 0.4) is 0 Å². The molecule has 0 radical (unpaired) electrons. The Morgan fingerprint density at radius 2 is 1.88 bits per heavy atom. The van der Waals surface area contributed by atoms with E-state index in [0.29, 0.717) is 6.54 Å². The van der Waals surface area contributed by atoms with Crippen LogP contribution in [0, 0.1) is 0 Å². The quantitative estimate of drug-likeness (QED) is 0.860. The number of hydrogen-bond donors (Lipinski definition) is 1. The molecule has 1 aromatic heterocycles. The molecule has 1 aliphatic rings. The smallest absolute Gasteiger partial charge is 0.234 e. The lowest BCUT2D eigenvalue weighted by Crippen LogP contribution is -2.52. The monoisotopic (exact) mass is 360 g/mol. The molecule has 25 heavy (non-hydrogen) atoms. The van der Waals surface area contributed by atoms with E-state index < -0.39 is 0 Å². The van der Waals surface area contributed by atoms with Crippen molar-refractivity contribution in [3.63, 3.8) is 0 Å². The van der Waals surface area contributed by atoms with Crippen molar-refractivity contribution < 1.29 is 4.79 Å². The van der Waals surface area contributed by atoms with Gasteiger partial charge in [0.05, 0.1) is 23.3 Å². The molecule has 0 spiro atoms. The fourth-order valence-corrected chi connectivity index (χ4v) is 4.00. The van der Waals surface area contributed by atoms with Crippen molar-refractivity contribution in [1.82, 2.24) is 20.1 Å². The minimum absolute atomic E-state index is 0.119. The minimum Gasteiger partial charge on any atom is -0.350 e. The number of hydrogen-bond acceptors (Lipinski definition) is 5. The molecule has 1 saturated heterocycles. The van der Waals surface area contributed by atoms with E-state index in [0.717, 1.165) is 44.7 Å². The fraction of sp³-hybridized carbons (Fsp3) is 0.579. The van der Waals surface area contributed by atoms with Gasteiger partial charge in [0.2, 0.25) is 5.91 Å². The van der Waals surface area contributed by atoms with Crippen molar-refractivity contribution in [2.24, 2.45) is 0 Å². The van der Waals surface area contributed by atoms with Crippen LogP contribution in [-0.4, -0.2) is 59.0 Å². The van der Waals surface area contributed by atoms with Gasteiger partial charge in [-0.05, 0) is 32.4 Å². The van der Waals surface area contributed by atoms with Crippen LogP contribution in [0.25, 0.3) is 10.2 Å². The normalized spacial score (nSPS) is 17.1.